The quantitative estimate of drug-likeness (QED) is 0.803. The molecular weight excluding hydrogens is 272 g/mol. The Kier molecular flexibility index (Phi) is 2.76. The lowest BCUT2D eigenvalue weighted by atomic mass is 10.0. The molecule has 1 saturated carbocycles. The highest BCUT2D eigenvalue weighted by atomic mass is 35.5. The van der Waals surface area contributed by atoms with Crippen molar-refractivity contribution >= 4 is 23.3 Å². The minimum atomic E-state index is 0. The third-order valence-corrected chi connectivity index (χ3v) is 4.90. The first-order chi connectivity index (χ1) is 9.42. The van der Waals surface area contributed by atoms with Crippen molar-refractivity contribution in [2.24, 2.45) is 0 Å². The zero-order valence-corrected chi connectivity index (χ0v) is 12.3. The van der Waals surface area contributed by atoms with Gasteiger partial charge in [0.2, 0.25) is 0 Å². The molecule has 3 heterocycles. The van der Waals surface area contributed by atoms with Gasteiger partial charge in [-0.05, 0) is 24.5 Å². The maximum Gasteiger partial charge on any atom is 0.143 e. The first-order valence-electron chi connectivity index (χ1n) is 7.41. The predicted octanol–water partition coefficient (Wildman–Crippen LogP) is 2.98. The van der Waals surface area contributed by atoms with Crippen LogP contribution < -0.4 is 4.74 Å². The van der Waals surface area contributed by atoms with Gasteiger partial charge in [0, 0.05) is 36.6 Å². The fraction of sp³-hybridized carbons (Fsp3) is 0.500. The largest absolute Gasteiger partial charge is 0.490 e. The van der Waals surface area contributed by atoms with Crippen LogP contribution in [0.15, 0.2) is 18.2 Å². The number of fused-ring (bicyclic) bond motifs is 3. The second-order valence-electron chi connectivity index (χ2n) is 6.03. The summed E-state index contributed by atoms with van der Waals surface area (Å²) in [6, 6.07) is 7.40. The highest BCUT2D eigenvalue weighted by Crippen LogP contribution is 2.40. The number of ether oxygens (including phenoxy) is 1. The van der Waals surface area contributed by atoms with Gasteiger partial charge in [0.05, 0.1) is 12.1 Å². The van der Waals surface area contributed by atoms with E-state index in [2.05, 4.69) is 27.7 Å². The SMILES string of the molecule is Cl.c1cc2c3c(c1)c1c(n3CCO2)CCN(C2CC2)C1. The van der Waals surface area contributed by atoms with Crippen LogP contribution in [0.4, 0.5) is 0 Å². The number of rotatable bonds is 1. The van der Waals surface area contributed by atoms with Gasteiger partial charge in [0.1, 0.15) is 12.4 Å². The van der Waals surface area contributed by atoms with Crippen LogP contribution in [0.3, 0.4) is 0 Å². The fourth-order valence-electron chi connectivity index (χ4n) is 3.85. The van der Waals surface area contributed by atoms with Crippen molar-refractivity contribution in [2.75, 3.05) is 13.2 Å². The Morgan fingerprint density at radius 1 is 1.15 bits per heavy atom. The maximum atomic E-state index is 5.83. The average molecular weight is 291 g/mol. The molecule has 1 fully saturated rings. The molecule has 0 unspecified atom stereocenters. The lowest BCUT2D eigenvalue weighted by molar-refractivity contribution is 0.237. The standard InChI is InChI=1S/C16H18N2O.ClH/c1-2-12-13-10-17(11-4-5-11)7-6-14(13)18-8-9-19-15(3-1)16(12)18;/h1-3,11H,4-10H2;1H. The molecule has 2 aliphatic heterocycles. The van der Waals surface area contributed by atoms with E-state index < -0.39 is 0 Å². The van der Waals surface area contributed by atoms with Crippen molar-refractivity contribution in [3.8, 4) is 5.75 Å². The maximum absolute atomic E-state index is 5.83. The molecule has 4 heteroatoms. The molecule has 106 valence electrons. The molecule has 1 aliphatic carbocycles. The van der Waals surface area contributed by atoms with Gasteiger partial charge in [-0.2, -0.15) is 0 Å². The Balaban J connectivity index is 0.00000106. The van der Waals surface area contributed by atoms with Crippen LogP contribution in [0, 0.1) is 0 Å². The smallest absolute Gasteiger partial charge is 0.143 e. The van der Waals surface area contributed by atoms with Crippen molar-refractivity contribution in [1.29, 1.82) is 0 Å². The Hall–Kier alpha value is -1.19. The number of nitrogens with zero attached hydrogens (tertiary/aromatic N) is 2. The van der Waals surface area contributed by atoms with Crippen LogP contribution in [0.5, 0.6) is 5.75 Å². The van der Waals surface area contributed by atoms with Crippen molar-refractivity contribution in [3.63, 3.8) is 0 Å². The molecule has 0 atom stereocenters. The number of aromatic nitrogens is 1. The number of hydrogen-bond acceptors (Lipinski definition) is 2. The number of hydrogen-bond donors (Lipinski definition) is 0. The predicted molar refractivity (Wildman–Crippen MR) is 81.8 cm³/mol. The molecule has 0 amide bonds. The highest BCUT2D eigenvalue weighted by Gasteiger charge is 2.34. The molecule has 2 aromatic rings. The van der Waals surface area contributed by atoms with Gasteiger partial charge in [-0.1, -0.05) is 12.1 Å². The number of benzene rings is 1. The molecule has 3 aliphatic rings. The van der Waals surface area contributed by atoms with E-state index in [1.807, 2.05) is 0 Å². The zero-order valence-electron chi connectivity index (χ0n) is 11.5. The summed E-state index contributed by atoms with van der Waals surface area (Å²) in [4.78, 5) is 2.68. The van der Waals surface area contributed by atoms with Crippen LogP contribution in [0.2, 0.25) is 0 Å². The first kappa shape index (κ1) is 12.5. The summed E-state index contributed by atoms with van der Waals surface area (Å²) in [6.45, 7) is 4.23. The lowest BCUT2D eigenvalue weighted by Crippen LogP contribution is -2.33. The molecule has 0 spiro atoms. The fourth-order valence-corrected chi connectivity index (χ4v) is 3.85. The summed E-state index contributed by atoms with van der Waals surface area (Å²) in [5, 5.41) is 1.43. The van der Waals surface area contributed by atoms with Crippen LogP contribution in [-0.4, -0.2) is 28.7 Å². The monoisotopic (exact) mass is 290 g/mol. The molecule has 1 aromatic carbocycles. The van der Waals surface area contributed by atoms with Crippen LogP contribution in [-0.2, 0) is 19.5 Å². The van der Waals surface area contributed by atoms with Crippen molar-refractivity contribution in [1.82, 2.24) is 9.47 Å². The van der Waals surface area contributed by atoms with Crippen molar-refractivity contribution < 1.29 is 4.74 Å². The normalized spacial score (nSPS) is 21.2. The van der Waals surface area contributed by atoms with E-state index in [1.54, 1.807) is 11.3 Å². The molecule has 20 heavy (non-hydrogen) atoms. The Morgan fingerprint density at radius 3 is 2.90 bits per heavy atom. The van der Waals surface area contributed by atoms with E-state index in [0.29, 0.717) is 0 Å². The van der Waals surface area contributed by atoms with Crippen LogP contribution in [0.1, 0.15) is 24.1 Å². The minimum Gasteiger partial charge on any atom is -0.490 e. The third kappa shape index (κ3) is 1.63. The van der Waals surface area contributed by atoms with Crippen molar-refractivity contribution in [2.45, 2.75) is 38.4 Å². The summed E-state index contributed by atoms with van der Waals surface area (Å²) in [7, 11) is 0. The average Bonchev–Trinajstić information content (AvgIpc) is 3.26. The summed E-state index contributed by atoms with van der Waals surface area (Å²) in [5.74, 6) is 1.08. The van der Waals surface area contributed by atoms with Gasteiger partial charge in [-0.15, -0.1) is 12.4 Å². The molecule has 0 bridgehead atoms. The van der Waals surface area contributed by atoms with E-state index in [4.69, 9.17) is 4.74 Å². The highest BCUT2D eigenvalue weighted by molar-refractivity contribution is 5.91. The Bertz CT molecular complexity index is 675. The van der Waals surface area contributed by atoms with Gasteiger partial charge < -0.3 is 9.30 Å². The van der Waals surface area contributed by atoms with E-state index in [0.717, 1.165) is 31.5 Å². The summed E-state index contributed by atoms with van der Waals surface area (Å²) in [5.41, 5.74) is 4.49. The van der Waals surface area contributed by atoms with Crippen molar-refractivity contribution in [3.05, 3.63) is 29.5 Å². The van der Waals surface area contributed by atoms with Gasteiger partial charge in [0.15, 0.2) is 0 Å². The second kappa shape index (κ2) is 4.40. The van der Waals surface area contributed by atoms with E-state index in [9.17, 15) is 0 Å². The molecular formula is C16H19ClN2O. The number of halogens is 1. The molecule has 0 radical (unpaired) electrons. The molecule has 3 nitrogen and oxygen atoms in total. The summed E-state index contributed by atoms with van der Waals surface area (Å²) >= 11 is 0. The summed E-state index contributed by atoms with van der Waals surface area (Å²) in [6.07, 6.45) is 4.02. The zero-order chi connectivity index (χ0) is 12.4. The molecule has 5 rings (SSSR count). The van der Waals surface area contributed by atoms with Gasteiger partial charge in [0.25, 0.3) is 0 Å². The third-order valence-electron chi connectivity index (χ3n) is 4.90. The van der Waals surface area contributed by atoms with Gasteiger partial charge in [-0.3, -0.25) is 4.90 Å². The second-order valence-corrected chi connectivity index (χ2v) is 6.03. The number of para-hydroxylation sites is 1. The van der Waals surface area contributed by atoms with Crippen LogP contribution >= 0.6 is 12.4 Å². The Labute approximate surface area is 124 Å². The van der Waals surface area contributed by atoms with Crippen LogP contribution in [0.25, 0.3) is 10.9 Å². The minimum absolute atomic E-state index is 0. The molecule has 1 aromatic heterocycles. The van der Waals surface area contributed by atoms with E-state index in [1.165, 1.54) is 36.7 Å². The lowest BCUT2D eigenvalue weighted by Gasteiger charge is -2.28. The molecule has 0 N–H and O–H groups in total. The first-order valence-corrected chi connectivity index (χ1v) is 7.41. The van der Waals surface area contributed by atoms with E-state index in [-0.39, 0.29) is 12.4 Å². The van der Waals surface area contributed by atoms with Gasteiger partial charge in [-0.25, -0.2) is 0 Å². The van der Waals surface area contributed by atoms with E-state index >= 15 is 0 Å². The topological polar surface area (TPSA) is 17.4 Å². The molecule has 0 saturated heterocycles. The Morgan fingerprint density at radius 2 is 2.05 bits per heavy atom. The summed E-state index contributed by atoms with van der Waals surface area (Å²) < 4.78 is 8.35. The van der Waals surface area contributed by atoms with Gasteiger partial charge >= 0.3 is 0 Å².